The Morgan fingerprint density at radius 2 is 1.71 bits per heavy atom. The van der Waals surface area contributed by atoms with E-state index in [9.17, 15) is 22.0 Å². The Bertz CT molecular complexity index is 1170. The number of aryl methyl sites for hydroxylation is 2. The number of nitrogens with zero attached hydrogens (tertiary/aromatic N) is 3. The third kappa shape index (κ3) is 6.25. The topological polar surface area (TPSA) is 96.3 Å². The average molecular weight is 519 g/mol. The summed E-state index contributed by atoms with van der Waals surface area (Å²) in [6, 6.07) is 2.54. The van der Waals surface area contributed by atoms with Crippen LogP contribution < -0.4 is 10.0 Å². The fourth-order valence-corrected chi connectivity index (χ4v) is 5.85. The van der Waals surface area contributed by atoms with Crippen LogP contribution in [0.25, 0.3) is 0 Å². The van der Waals surface area contributed by atoms with Crippen LogP contribution >= 0.6 is 0 Å². The van der Waals surface area contributed by atoms with Gasteiger partial charge in [0, 0.05) is 53.9 Å². The molecule has 4 rings (SSSR count). The number of sulfonamides is 1. The van der Waals surface area contributed by atoms with Crippen molar-refractivity contribution in [2.75, 3.05) is 18.9 Å². The maximum Gasteiger partial charge on any atom is 0.333 e. The second-order valence-electron chi connectivity index (χ2n) is 9.39. The minimum atomic E-state index is -4.26. The van der Waals surface area contributed by atoms with Crippen molar-refractivity contribution in [2.24, 2.45) is 0 Å². The zero-order chi connectivity index (χ0) is 24.6. The van der Waals surface area contributed by atoms with Crippen LogP contribution in [0.4, 0.5) is 19.3 Å². The van der Waals surface area contributed by atoms with Crippen molar-refractivity contribution in [1.29, 1.82) is 0 Å². The number of amides is 2. The first kappa shape index (κ1) is 28.0. The van der Waals surface area contributed by atoms with E-state index in [1.807, 2.05) is 13.8 Å². The number of hydrogen-bond acceptors (Lipinski definition) is 5. The van der Waals surface area contributed by atoms with E-state index in [0.29, 0.717) is 5.69 Å². The Kier molecular flexibility index (Phi) is 9.01. The van der Waals surface area contributed by atoms with E-state index in [0.717, 1.165) is 55.3 Å². The largest absolute Gasteiger partial charge is 0.333 e. The molecule has 1 aromatic carbocycles. The molecule has 0 unspecified atom stereocenters. The Labute approximate surface area is 227 Å². The number of halogens is 2. The number of carbonyl (C=O) groups is 1. The van der Waals surface area contributed by atoms with Crippen LogP contribution in [0.5, 0.6) is 0 Å². The predicted molar refractivity (Wildman–Crippen MR) is 131 cm³/mol. The Morgan fingerprint density at radius 1 is 1.11 bits per heavy atom. The van der Waals surface area contributed by atoms with Gasteiger partial charge in [0.1, 0.15) is 0 Å². The Morgan fingerprint density at radius 3 is 2.26 bits per heavy atom. The number of aromatic nitrogens is 2. The number of hydrogen-bond donors (Lipinski definition) is 2. The van der Waals surface area contributed by atoms with E-state index in [1.54, 1.807) is 0 Å². The van der Waals surface area contributed by atoms with Crippen molar-refractivity contribution in [3.8, 4) is 0 Å². The first-order valence-electron chi connectivity index (χ1n) is 11.6. The number of rotatable bonds is 8. The summed E-state index contributed by atoms with van der Waals surface area (Å²) >= 11 is 0. The minimum absolute atomic E-state index is 0. The molecular formula is C23H31F2N5NaO3S. The summed E-state index contributed by atoms with van der Waals surface area (Å²) in [5.41, 5.74) is 5.87. The van der Waals surface area contributed by atoms with Gasteiger partial charge in [0.15, 0.2) is 5.03 Å². The normalized spacial score (nSPS) is 14.9. The van der Waals surface area contributed by atoms with Gasteiger partial charge in [-0.2, -0.15) is 13.5 Å². The number of anilines is 1. The van der Waals surface area contributed by atoms with Gasteiger partial charge in [0.25, 0.3) is 16.4 Å². The monoisotopic (exact) mass is 518 g/mol. The average Bonchev–Trinajstić information content (AvgIpc) is 3.45. The standard InChI is InChI=1S/C23H31F2N5O3S.Na/c1-14(2)30-17(12-29(3)13-20(24)25)11-21(27-30)34(32,33)28-23(31)26-22-18-8-4-6-15(18)10-16-7-5-9-19(16)22;/h10-11,14,20H,4-9,12-13H2,1-3H3,(H2,26,28,31);. The molecule has 0 bridgehead atoms. The summed E-state index contributed by atoms with van der Waals surface area (Å²) in [4.78, 5) is 14.2. The number of urea groups is 1. The van der Waals surface area contributed by atoms with E-state index in [1.165, 1.54) is 33.8 Å². The van der Waals surface area contributed by atoms with Crippen molar-refractivity contribution in [1.82, 2.24) is 19.4 Å². The van der Waals surface area contributed by atoms with Gasteiger partial charge < -0.3 is 5.32 Å². The fraction of sp³-hybridized carbons (Fsp3) is 0.565. The molecule has 0 aliphatic heterocycles. The number of carbonyl (C=O) groups excluding carboxylic acids is 1. The summed E-state index contributed by atoms with van der Waals surface area (Å²) in [5.74, 6) is 0. The molecule has 0 atom stereocenters. The zero-order valence-electron chi connectivity index (χ0n) is 20.7. The number of alkyl halides is 2. The Balaban J connectivity index is 0.00000342. The first-order valence-corrected chi connectivity index (χ1v) is 13.1. The van der Waals surface area contributed by atoms with Crippen LogP contribution in [0, 0.1) is 0 Å². The molecule has 35 heavy (non-hydrogen) atoms. The van der Waals surface area contributed by atoms with E-state index in [4.69, 9.17) is 0 Å². The van der Waals surface area contributed by atoms with Crippen molar-refractivity contribution < 1.29 is 22.0 Å². The summed E-state index contributed by atoms with van der Waals surface area (Å²) in [6.07, 6.45) is 3.18. The number of benzene rings is 1. The van der Waals surface area contributed by atoms with Crippen molar-refractivity contribution in [3.63, 3.8) is 0 Å². The predicted octanol–water partition coefficient (Wildman–Crippen LogP) is 3.27. The third-order valence-electron chi connectivity index (χ3n) is 6.38. The summed E-state index contributed by atoms with van der Waals surface area (Å²) in [7, 11) is -2.73. The quantitative estimate of drug-likeness (QED) is 0.523. The van der Waals surface area contributed by atoms with Crippen LogP contribution in [0.1, 0.15) is 60.7 Å². The first-order chi connectivity index (χ1) is 16.0. The number of nitrogens with one attached hydrogen (secondary N) is 2. The molecule has 2 aliphatic rings. The SMILES string of the molecule is CC(C)n1nc(S(=O)(=O)NC(=O)Nc2c3c(cc4c2CCC4)CCC3)cc1CN(C)CC(F)F.[Na]. The van der Waals surface area contributed by atoms with E-state index < -0.39 is 29.0 Å². The van der Waals surface area contributed by atoms with E-state index in [-0.39, 0.29) is 47.2 Å². The fourth-order valence-electron chi connectivity index (χ4n) is 4.96. The molecule has 0 fully saturated rings. The van der Waals surface area contributed by atoms with Gasteiger partial charge >= 0.3 is 6.03 Å². The maximum atomic E-state index is 13.0. The zero-order valence-corrected chi connectivity index (χ0v) is 23.5. The maximum absolute atomic E-state index is 13.0. The van der Waals surface area contributed by atoms with Crippen LogP contribution in [0.3, 0.4) is 0 Å². The van der Waals surface area contributed by atoms with Crippen LogP contribution in [0.2, 0.25) is 0 Å². The molecule has 1 radical (unpaired) electrons. The molecule has 2 aliphatic carbocycles. The van der Waals surface area contributed by atoms with Crippen LogP contribution in [-0.2, 0) is 42.3 Å². The molecule has 12 heteroatoms. The minimum Gasteiger partial charge on any atom is -0.307 e. The van der Waals surface area contributed by atoms with Gasteiger partial charge in [-0.3, -0.25) is 9.58 Å². The van der Waals surface area contributed by atoms with E-state index in [2.05, 4.69) is 21.2 Å². The van der Waals surface area contributed by atoms with E-state index >= 15 is 0 Å². The summed E-state index contributed by atoms with van der Waals surface area (Å²) in [6.45, 7) is 3.28. The van der Waals surface area contributed by atoms with Gasteiger partial charge in [-0.1, -0.05) is 6.07 Å². The molecule has 187 valence electrons. The molecule has 8 nitrogen and oxygen atoms in total. The van der Waals surface area contributed by atoms with Crippen LogP contribution in [0.15, 0.2) is 17.2 Å². The Hall–Kier alpha value is -1.53. The molecule has 2 N–H and O–H groups in total. The molecule has 0 saturated heterocycles. The third-order valence-corrected chi connectivity index (χ3v) is 7.58. The molecule has 1 aromatic heterocycles. The van der Waals surface area contributed by atoms with Gasteiger partial charge in [-0.05, 0) is 81.7 Å². The molecule has 2 amide bonds. The summed E-state index contributed by atoms with van der Waals surface area (Å²) < 4.78 is 54.9. The summed E-state index contributed by atoms with van der Waals surface area (Å²) in [5, 5.41) is 6.65. The smallest absolute Gasteiger partial charge is 0.307 e. The van der Waals surface area contributed by atoms with Crippen molar-refractivity contribution >= 4 is 51.3 Å². The van der Waals surface area contributed by atoms with Crippen molar-refractivity contribution in [2.45, 2.75) is 76.4 Å². The molecule has 2 aromatic rings. The molecule has 0 saturated carbocycles. The van der Waals surface area contributed by atoms with Gasteiger partial charge in [0.05, 0.1) is 12.2 Å². The number of fused-ring (bicyclic) bond motifs is 2. The van der Waals surface area contributed by atoms with Gasteiger partial charge in [0.2, 0.25) is 0 Å². The van der Waals surface area contributed by atoms with Crippen LogP contribution in [-0.4, -0.2) is 78.7 Å². The van der Waals surface area contributed by atoms with Gasteiger partial charge in [-0.25, -0.2) is 18.3 Å². The second kappa shape index (κ2) is 11.2. The second-order valence-corrected chi connectivity index (χ2v) is 11.0. The van der Waals surface area contributed by atoms with Gasteiger partial charge in [-0.15, -0.1) is 0 Å². The molecule has 0 spiro atoms. The molecule has 1 heterocycles. The van der Waals surface area contributed by atoms with Crippen molar-refractivity contribution in [3.05, 3.63) is 40.1 Å². The molecular weight excluding hydrogens is 487 g/mol.